The first kappa shape index (κ1) is 22.8. The van der Waals surface area contributed by atoms with Gasteiger partial charge in [-0.15, -0.1) is 0 Å². The van der Waals surface area contributed by atoms with Crippen LogP contribution in [0.2, 0.25) is 0 Å². The molecule has 0 bridgehead atoms. The number of benzene rings is 1. The summed E-state index contributed by atoms with van der Waals surface area (Å²) in [5.74, 6) is 1.58. The summed E-state index contributed by atoms with van der Waals surface area (Å²) >= 11 is 0. The maximum absolute atomic E-state index is 13.5. The van der Waals surface area contributed by atoms with Gasteiger partial charge in [-0.1, -0.05) is 12.1 Å². The summed E-state index contributed by atoms with van der Waals surface area (Å²) in [6, 6.07) is 11.1. The van der Waals surface area contributed by atoms with E-state index >= 15 is 0 Å². The Morgan fingerprint density at radius 1 is 1.12 bits per heavy atom. The molecule has 0 aliphatic carbocycles. The van der Waals surface area contributed by atoms with Crippen molar-refractivity contribution in [2.75, 3.05) is 45.9 Å². The van der Waals surface area contributed by atoms with E-state index < -0.39 is 0 Å². The number of hydrogen-bond donors (Lipinski definition) is 2. The van der Waals surface area contributed by atoms with Gasteiger partial charge in [-0.25, -0.2) is 4.39 Å². The van der Waals surface area contributed by atoms with Gasteiger partial charge in [0.15, 0.2) is 5.96 Å². The van der Waals surface area contributed by atoms with Gasteiger partial charge in [0.25, 0.3) is 0 Å². The Kier molecular flexibility index (Phi) is 7.81. The number of nitrogens with one attached hydrogen (secondary N) is 2. The van der Waals surface area contributed by atoms with Crippen LogP contribution in [0.4, 0.5) is 4.39 Å². The molecule has 3 heterocycles. The predicted octanol–water partition coefficient (Wildman–Crippen LogP) is 3.86. The molecule has 0 amide bonds. The number of aliphatic imine (C=N–C) groups is 1. The maximum Gasteiger partial charge on any atom is 0.191 e. The standard InChI is InChI=1S/C25H35FN4O2/c1-2-27-24(28-18-22(23-6-5-15-32-23)30-13-3-4-14-30)29-19-25(11-16-31-17-12-25)20-7-9-21(26)10-8-20/h5-10,15,22H,2-4,11-14,16-19H2,1H3,(H2,27,28,29). The lowest BCUT2D eigenvalue weighted by atomic mass is 9.74. The van der Waals surface area contributed by atoms with Crippen LogP contribution < -0.4 is 10.6 Å². The van der Waals surface area contributed by atoms with E-state index in [-0.39, 0.29) is 17.3 Å². The van der Waals surface area contributed by atoms with Crippen molar-refractivity contribution in [2.24, 2.45) is 4.99 Å². The van der Waals surface area contributed by atoms with Gasteiger partial charge in [-0.05, 0) is 75.5 Å². The Morgan fingerprint density at radius 2 is 1.88 bits per heavy atom. The molecule has 2 saturated heterocycles. The highest BCUT2D eigenvalue weighted by atomic mass is 19.1. The van der Waals surface area contributed by atoms with Crippen LogP contribution in [0.15, 0.2) is 52.1 Å². The average Bonchev–Trinajstić information content (AvgIpc) is 3.54. The quantitative estimate of drug-likeness (QED) is 0.480. The number of ether oxygens (including phenoxy) is 1. The number of furan rings is 1. The van der Waals surface area contributed by atoms with Crippen molar-refractivity contribution in [1.82, 2.24) is 15.5 Å². The number of nitrogens with zero attached hydrogens (tertiary/aromatic N) is 2. The molecule has 0 radical (unpaired) electrons. The minimum atomic E-state index is -0.208. The van der Waals surface area contributed by atoms with Gasteiger partial charge in [-0.2, -0.15) is 0 Å². The van der Waals surface area contributed by atoms with Crippen LogP contribution in [0.3, 0.4) is 0 Å². The van der Waals surface area contributed by atoms with Crippen LogP contribution in [0.5, 0.6) is 0 Å². The number of guanidine groups is 1. The van der Waals surface area contributed by atoms with Crippen LogP contribution >= 0.6 is 0 Å². The summed E-state index contributed by atoms with van der Waals surface area (Å²) in [5.41, 5.74) is 0.997. The molecule has 0 saturated carbocycles. The molecule has 2 aliphatic rings. The average molecular weight is 443 g/mol. The fourth-order valence-electron chi connectivity index (χ4n) is 4.81. The van der Waals surface area contributed by atoms with Gasteiger partial charge < -0.3 is 19.8 Å². The first-order valence-electron chi connectivity index (χ1n) is 11.8. The zero-order valence-corrected chi connectivity index (χ0v) is 19.0. The fourth-order valence-corrected chi connectivity index (χ4v) is 4.81. The summed E-state index contributed by atoms with van der Waals surface area (Å²) in [6.07, 6.45) is 5.96. The molecule has 2 N–H and O–H groups in total. The molecule has 2 aromatic rings. The summed E-state index contributed by atoms with van der Waals surface area (Å²) in [4.78, 5) is 7.46. The normalized spacial score (nSPS) is 20.2. The molecular weight excluding hydrogens is 407 g/mol. The van der Waals surface area contributed by atoms with Gasteiger partial charge in [0.05, 0.1) is 18.8 Å². The third-order valence-electron chi connectivity index (χ3n) is 6.71. The molecule has 6 nitrogen and oxygen atoms in total. The van der Waals surface area contributed by atoms with E-state index in [0.29, 0.717) is 19.8 Å². The molecule has 1 atom stereocenters. The first-order valence-corrected chi connectivity index (χ1v) is 11.8. The molecule has 4 rings (SSSR count). The number of rotatable bonds is 8. The van der Waals surface area contributed by atoms with Gasteiger partial charge >= 0.3 is 0 Å². The van der Waals surface area contributed by atoms with Crippen molar-refractivity contribution in [3.05, 3.63) is 59.8 Å². The van der Waals surface area contributed by atoms with Crippen molar-refractivity contribution in [3.63, 3.8) is 0 Å². The lowest BCUT2D eigenvalue weighted by Crippen LogP contribution is -2.44. The Balaban J connectivity index is 1.49. The highest BCUT2D eigenvalue weighted by Gasteiger charge is 2.34. The second kappa shape index (κ2) is 11.0. The molecular formula is C25H35FN4O2. The molecule has 174 valence electrons. The Bertz CT molecular complexity index is 841. The van der Waals surface area contributed by atoms with Gasteiger partial charge in [0, 0.05) is 31.7 Å². The van der Waals surface area contributed by atoms with E-state index in [1.54, 1.807) is 18.4 Å². The maximum atomic E-state index is 13.5. The molecule has 7 heteroatoms. The van der Waals surface area contributed by atoms with Gasteiger partial charge in [0.1, 0.15) is 11.6 Å². The summed E-state index contributed by atoms with van der Waals surface area (Å²) in [6.45, 7) is 7.81. The Labute approximate surface area is 190 Å². The van der Waals surface area contributed by atoms with Crippen molar-refractivity contribution in [2.45, 2.75) is 44.1 Å². The van der Waals surface area contributed by atoms with E-state index in [4.69, 9.17) is 14.1 Å². The van der Waals surface area contributed by atoms with Crippen molar-refractivity contribution in [1.29, 1.82) is 0 Å². The van der Waals surface area contributed by atoms with E-state index in [2.05, 4.69) is 28.5 Å². The summed E-state index contributed by atoms with van der Waals surface area (Å²) in [7, 11) is 0. The molecule has 1 aromatic heterocycles. The molecule has 0 spiro atoms. The van der Waals surface area contributed by atoms with Crippen molar-refractivity contribution in [3.8, 4) is 0 Å². The van der Waals surface area contributed by atoms with E-state index in [0.717, 1.165) is 56.3 Å². The van der Waals surface area contributed by atoms with E-state index in [1.807, 2.05) is 18.2 Å². The monoisotopic (exact) mass is 442 g/mol. The molecule has 32 heavy (non-hydrogen) atoms. The second-order valence-electron chi connectivity index (χ2n) is 8.75. The molecule has 1 aromatic carbocycles. The molecule has 2 fully saturated rings. The number of hydrogen-bond acceptors (Lipinski definition) is 4. The highest BCUT2D eigenvalue weighted by molar-refractivity contribution is 5.79. The Morgan fingerprint density at radius 3 is 2.53 bits per heavy atom. The second-order valence-corrected chi connectivity index (χ2v) is 8.75. The van der Waals surface area contributed by atoms with Crippen molar-refractivity contribution >= 4 is 5.96 Å². The van der Waals surface area contributed by atoms with Crippen LogP contribution in [-0.4, -0.2) is 56.8 Å². The van der Waals surface area contributed by atoms with Crippen LogP contribution in [0.1, 0.15) is 50.0 Å². The number of likely N-dealkylation sites (tertiary alicyclic amines) is 1. The molecule has 2 aliphatic heterocycles. The summed E-state index contributed by atoms with van der Waals surface area (Å²) in [5, 5.41) is 6.94. The van der Waals surface area contributed by atoms with Gasteiger partial charge in [0.2, 0.25) is 0 Å². The minimum absolute atomic E-state index is 0.135. The summed E-state index contributed by atoms with van der Waals surface area (Å²) < 4.78 is 24.9. The largest absolute Gasteiger partial charge is 0.468 e. The molecule has 1 unspecified atom stereocenters. The third kappa shape index (κ3) is 5.51. The lowest BCUT2D eigenvalue weighted by Gasteiger charge is -2.36. The van der Waals surface area contributed by atoms with Gasteiger partial charge in [-0.3, -0.25) is 9.89 Å². The predicted molar refractivity (Wildman–Crippen MR) is 124 cm³/mol. The SMILES string of the molecule is CCNC(=NCC1(c2ccc(F)cc2)CCOCC1)NCC(c1ccco1)N1CCCC1. The third-order valence-corrected chi connectivity index (χ3v) is 6.71. The number of halogens is 1. The van der Waals surface area contributed by atoms with Crippen molar-refractivity contribution < 1.29 is 13.5 Å². The van der Waals surface area contributed by atoms with Crippen LogP contribution in [0.25, 0.3) is 0 Å². The van der Waals surface area contributed by atoms with E-state index in [9.17, 15) is 4.39 Å². The lowest BCUT2D eigenvalue weighted by molar-refractivity contribution is 0.0530. The van der Waals surface area contributed by atoms with Crippen LogP contribution in [0, 0.1) is 5.82 Å². The zero-order valence-electron chi connectivity index (χ0n) is 19.0. The Hall–Kier alpha value is -2.38. The van der Waals surface area contributed by atoms with E-state index in [1.165, 1.54) is 12.8 Å². The minimum Gasteiger partial charge on any atom is -0.468 e. The highest BCUT2D eigenvalue weighted by Crippen LogP contribution is 2.35. The zero-order chi connectivity index (χ0) is 22.2. The first-order chi connectivity index (χ1) is 15.7. The topological polar surface area (TPSA) is 62.0 Å². The fraction of sp³-hybridized carbons (Fsp3) is 0.560. The smallest absolute Gasteiger partial charge is 0.191 e. The van der Waals surface area contributed by atoms with Crippen LogP contribution in [-0.2, 0) is 10.2 Å².